The van der Waals surface area contributed by atoms with Crippen LogP contribution in [0.15, 0.2) is 24.3 Å². The van der Waals surface area contributed by atoms with Gasteiger partial charge in [-0.25, -0.2) is 4.79 Å². The van der Waals surface area contributed by atoms with E-state index in [0.717, 1.165) is 6.08 Å². The third-order valence-corrected chi connectivity index (χ3v) is 2.28. The maximum atomic E-state index is 11.5. The summed E-state index contributed by atoms with van der Waals surface area (Å²) < 4.78 is 10.3. The first-order chi connectivity index (χ1) is 9.06. The normalized spacial score (nSPS) is 10.4. The summed E-state index contributed by atoms with van der Waals surface area (Å²) in [6.45, 7) is 1.88. The number of aliphatic carboxylic acids is 1. The van der Waals surface area contributed by atoms with Gasteiger partial charge in [-0.05, 0) is 30.2 Å². The van der Waals surface area contributed by atoms with Gasteiger partial charge in [0, 0.05) is 12.5 Å². The minimum atomic E-state index is -1.04. The fraction of sp³-hybridized carbons (Fsp3) is 0.286. The van der Waals surface area contributed by atoms with Gasteiger partial charge in [0.2, 0.25) is 0 Å². The number of ether oxygens (including phenoxy) is 2. The first-order valence-corrected chi connectivity index (χ1v) is 5.86. The number of hydrogen-bond donors (Lipinski definition) is 1. The summed E-state index contributed by atoms with van der Waals surface area (Å²) in [4.78, 5) is 21.9. The summed E-state index contributed by atoms with van der Waals surface area (Å²) in [7, 11) is 1.47. The second-order valence-electron chi connectivity index (χ2n) is 3.81. The van der Waals surface area contributed by atoms with Gasteiger partial charge in [0.15, 0.2) is 11.5 Å². The fourth-order valence-corrected chi connectivity index (χ4v) is 1.42. The van der Waals surface area contributed by atoms with Crippen molar-refractivity contribution in [2.45, 2.75) is 19.8 Å². The molecule has 0 aliphatic heterocycles. The first-order valence-electron chi connectivity index (χ1n) is 5.86. The van der Waals surface area contributed by atoms with Crippen molar-refractivity contribution in [1.82, 2.24) is 0 Å². The molecule has 0 unspecified atom stereocenters. The lowest BCUT2D eigenvalue weighted by Crippen LogP contribution is -2.08. The number of hydrogen-bond acceptors (Lipinski definition) is 4. The molecule has 1 aromatic rings. The zero-order valence-corrected chi connectivity index (χ0v) is 10.9. The van der Waals surface area contributed by atoms with E-state index < -0.39 is 5.97 Å². The molecule has 5 heteroatoms. The van der Waals surface area contributed by atoms with E-state index in [9.17, 15) is 9.59 Å². The zero-order chi connectivity index (χ0) is 14.3. The molecule has 0 bridgehead atoms. The van der Waals surface area contributed by atoms with Gasteiger partial charge in [0.25, 0.3) is 0 Å². The van der Waals surface area contributed by atoms with E-state index in [0.29, 0.717) is 24.2 Å². The predicted molar refractivity (Wildman–Crippen MR) is 70.2 cm³/mol. The van der Waals surface area contributed by atoms with E-state index in [1.165, 1.54) is 13.2 Å². The lowest BCUT2D eigenvalue weighted by atomic mass is 10.2. The Morgan fingerprint density at radius 3 is 2.63 bits per heavy atom. The molecule has 1 rings (SSSR count). The smallest absolute Gasteiger partial charge is 0.328 e. The topological polar surface area (TPSA) is 72.8 Å². The molecule has 0 fully saturated rings. The standard InChI is InChI=1S/C14H16O5/c1-3-4-14(17)19-12-9-10(6-8-13(15)16)5-7-11(12)18-2/h5-9H,3-4H2,1-2H3,(H,15,16). The molecule has 1 N–H and O–H groups in total. The second-order valence-corrected chi connectivity index (χ2v) is 3.81. The Kier molecular flexibility index (Phi) is 5.60. The van der Waals surface area contributed by atoms with Gasteiger partial charge in [0.1, 0.15) is 0 Å². The van der Waals surface area contributed by atoms with Crippen LogP contribution < -0.4 is 9.47 Å². The number of esters is 1. The third-order valence-electron chi connectivity index (χ3n) is 2.28. The number of rotatable bonds is 6. The Morgan fingerprint density at radius 1 is 1.32 bits per heavy atom. The van der Waals surface area contributed by atoms with Crippen molar-refractivity contribution in [2.75, 3.05) is 7.11 Å². The van der Waals surface area contributed by atoms with Crippen molar-refractivity contribution in [3.63, 3.8) is 0 Å². The molecular formula is C14H16O5. The molecule has 0 radical (unpaired) electrons. The van der Waals surface area contributed by atoms with Crippen LogP contribution in [0.4, 0.5) is 0 Å². The molecule has 5 nitrogen and oxygen atoms in total. The summed E-state index contributed by atoms with van der Waals surface area (Å²) in [5.41, 5.74) is 0.613. The van der Waals surface area contributed by atoms with E-state index in [1.54, 1.807) is 18.2 Å². The maximum absolute atomic E-state index is 11.5. The van der Waals surface area contributed by atoms with Crippen LogP contribution in [0.5, 0.6) is 11.5 Å². The quantitative estimate of drug-likeness (QED) is 0.485. The molecule has 0 saturated heterocycles. The molecule has 0 aromatic heterocycles. The van der Waals surface area contributed by atoms with E-state index >= 15 is 0 Å². The molecule has 1 aromatic carbocycles. The lowest BCUT2D eigenvalue weighted by molar-refractivity contribution is -0.134. The minimum Gasteiger partial charge on any atom is -0.493 e. The maximum Gasteiger partial charge on any atom is 0.328 e. The first kappa shape index (κ1) is 14.8. The Bertz CT molecular complexity index is 491. The van der Waals surface area contributed by atoms with Gasteiger partial charge in [0.05, 0.1) is 7.11 Å². The van der Waals surface area contributed by atoms with Crippen LogP contribution in [0.1, 0.15) is 25.3 Å². The molecule has 0 aliphatic rings. The number of carboxylic acid groups (broad SMARTS) is 1. The average Bonchev–Trinajstić information content (AvgIpc) is 2.36. The summed E-state index contributed by atoms with van der Waals surface area (Å²) in [6.07, 6.45) is 3.44. The van der Waals surface area contributed by atoms with Crippen molar-refractivity contribution in [2.24, 2.45) is 0 Å². The zero-order valence-electron chi connectivity index (χ0n) is 10.9. The summed E-state index contributed by atoms with van der Waals surface area (Å²) >= 11 is 0. The monoisotopic (exact) mass is 264 g/mol. The summed E-state index contributed by atoms with van der Waals surface area (Å²) in [5, 5.41) is 8.56. The van der Waals surface area contributed by atoms with Crippen molar-refractivity contribution >= 4 is 18.0 Å². The summed E-state index contributed by atoms with van der Waals surface area (Å²) in [5.74, 6) is -0.675. The fourth-order valence-electron chi connectivity index (χ4n) is 1.42. The van der Waals surface area contributed by atoms with E-state index in [1.807, 2.05) is 6.92 Å². The molecule has 0 atom stereocenters. The second kappa shape index (κ2) is 7.20. The predicted octanol–water partition coefficient (Wildman–Crippen LogP) is 2.50. The summed E-state index contributed by atoms with van der Waals surface area (Å²) in [6, 6.07) is 4.86. The van der Waals surface area contributed by atoms with Crippen LogP contribution >= 0.6 is 0 Å². The Labute approximate surface area is 111 Å². The molecule has 0 aliphatic carbocycles. The minimum absolute atomic E-state index is 0.286. The van der Waals surface area contributed by atoms with Crippen LogP contribution in [-0.2, 0) is 9.59 Å². The molecular weight excluding hydrogens is 248 g/mol. The highest BCUT2D eigenvalue weighted by atomic mass is 16.6. The number of methoxy groups -OCH3 is 1. The SMILES string of the molecule is CCCC(=O)Oc1cc(C=CC(=O)O)ccc1OC. The van der Waals surface area contributed by atoms with Crippen LogP contribution in [-0.4, -0.2) is 24.2 Å². The number of benzene rings is 1. The highest BCUT2D eigenvalue weighted by molar-refractivity contribution is 5.85. The molecule has 0 saturated carbocycles. The van der Waals surface area contributed by atoms with Gasteiger partial charge >= 0.3 is 11.9 Å². The lowest BCUT2D eigenvalue weighted by Gasteiger charge is -2.09. The van der Waals surface area contributed by atoms with E-state index in [-0.39, 0.29) is 11.7 Å². The third kappa shape index (κ3) is 4.83. The Morgan fingerprint density at radius 2 is 2.05 bits per heavy atom. The van der Waals surface area contributed by atoms with Gasteiger partial charge in [-0.3, -0.25) is 4.79 Å². The van der Waals surface area contributed by atoms with Gasteiger partial charge in [-0.1, -0.05) is 13.0 Å². The molecule has 19 heavy (non-hydrogen) atoms. The number of carbonyl (C=O) groups is 2. The highest BCUT2D eigenvalue weighted by Crippen LogP contribution is 2.29. The van der Waals surface area contributed by atoms with Crippen molar-refractivity contribution < 1.29 is 24.2 Å². The van der Waals surface area contributed by atoms with Crippen LogP contribution in [0.2, 0.25) is 0 Å². The number of carbonyl (C=O) groups excluding carboxylic acids is 1. The van der Waals surface area contributed by atoms with Gasteiger partial charge in [-0.2, -0.15) is 0 Å². The Hall–Kier alpha value is -2.30. The molecule has 0 heterocycles. The van der Waals surface area contributed by atoms with E-state index in [2.05, 4.69) is 0 Å². The highest BCUT2D eigenvalue weighted by Gasteiger charge is 2.09. The molecule has 0 spiro atoms. The van der Waals surface area contributed by atoms with Gasteiger partial charge in [-0.15, -0.1) is 0 Å². The Balaban J connectivity index is 2.95. The van der Waals surface area contributed by atoms with Crippen LogP contribution in [0.3, 0.4) is 0 Å². The van der Waals surface area contributed by atoms with Crippen molar-refractivity contribution in [3.05, 3.63) is 29.8 Å². The van der Waals surface area contributed by atoms with Crippen molar-refractivity contribution in [1.29, 1.82) is 0 Å². The number of carboxylic acids is 1. The van der Waals surface area contributed by atoms with Crippen LogP contribution in [0, 0.1) is 0 Å². The largest absolute Gasteiger partial charge is 0.493 e. The molecule has 0 amide bonds. The van der Waals surface area contributed by atoms with Crippen molar-refractivity contribution in [3.8, 4) is 11.5 Å². The van der Waals surface area contributed by atoms with E-state index in [4.69, 9.17) is 14.6 Å². The van der Waals surface area contributed by atoms with Crippen LogP contribution in [0.25, 0.3) is 6.08 Å². The average molecular weight is 264 g/mol. The van der Waals surface area contributed by atoms with Gasteiger partial charge < -0.3 is 14.6 Å². The molecule has 102 valence electrons.